The zero-order chi connectivity index (χ0) is 18.6. The predicted molar refractivity (Wildman–Crippen MR) is 99.9 cm³/mol. The van der Waals surface area contributed by atoms with E-state index in [2.05, 4.69) is 14.9 Å². The van der Waals surface area contributed by atoms with E-state index in [1.807, 2.05) is 48.5 Å². The molecule has 0 radical (unpaired) electrons. The molecular weight excluding hydrogens is 346 g/mol. The van der Waals surface area contributed by atoms with Crippen LogP contribution < -0.4 is 14.8 Å². The molecule has 0 spiro atoms. The summed E-state index contributed by atoms with van der Waals surface area (Å²) in [6.45, 7) is 1.40. The highest BCUT2D eigenvalue weighted by Gasteiger charge is 2.24. The summed E-state index contributed by atoms with van der Waals surface area (Å²) in [5, 5.41) is 2.92. The first-order valence-electron chi connectivity index (χ1n) is 8.82. The second-order valence-electron chi connectivity index (χ2n) is 6.33. The van der Waals surface area contributed by atoms with Crippen molar-refractivity contribution in [1.29, 1.82) is 0 Å². The summed E-state index contributed by atoms with van der Waals surface area (Å²) < 4.78 is 18.5. The highest BCUT2D eigenvalue weighted by molar-refractivity contribution is 5.79. The standard InChI is InChI=1S/C20H21N3O4/c1-25-16-7-8-18-17(9-16)22-19-12-26-11-14(23(18)19)10-21-20(24)13-27-15-5-3-2-4-6-15/h2-9,14H,10-13H2,1H3,(H,21,24)/t14-/m0/s1. The lowest BCUT2D eigenvalue weighted by Crippen LogP contribution is -2.37. The molecule has 0 fully saturated rings. The summed E-state index contributed by atoms with van der Waals surface area (Å²) >= 11 is 0. The van der Waals surface area contributed by atoms with Gasteiger partial charge in [0.2, 0.25) is 0 Å². The number of nitrogens with zero attached hydrogens (tertiary/aromatic N) is 2. The van der Waals surface area contributed by atoms with Crippen LogP contribution in [0.3, 0.4) is 0 Å². The smallest absolute Gasteiger partial charge is 0.258 e. The molecule has 7 heteroatoms. The van der Waals surface area contributed by atoms with Crippen LogP contribution in [0.5, 0.6) is 11.5 Å². The van der Waals surface area contributed by atoms with Gasteiger partial charge in [-0.2, -0.15) is 0 Å². The maximum atomic E-state index is 12.1. The Hall–Kier alpha value is -3.06. The Bertz CT molecular complexity index is 939. The van der Waals surface area contributed by atoms with Gasteiger partial charge in [-0.25, -0.2) is 4.98 Å². The van der Waals surface area contributed by atoms with E-state index >= 15 is 0 Å². The Morgan fingerprint density at radius 1 is 1.26 bits per heavy atom. The van der Waals surface area contributed by atoms with E-state index in [-0.39, 0.29) is 18.6 Å². The van der Waals surface area contributed by atoms with Crippen molar-refractivity contribution in [2.45, 2.75) is 12.6 Å². The van der Waals surface area contributed by atoms with Crippen LogP contribution in [0.1, 0.15) is 11.9 Å². The number of ether oxygens (including phenoxy) is 3. The van der Waals surface area contributed by atoms with Crippen molar-refractivity contribution in [3.63, 3.8) is 0 Å². The van der Waals surface area contributed by atoms with Gasteiger partial charge in [-0.15, -0.1) is 0 Å². The third kappa shape index (κ3) is 3.73. The van der Waals surface area contributed by atoms with Gasteiger partial charge in [0.05, 0.1) is 30.8 Å². The molecule has 1 N–H and O–H groups in total. The Morgan fingerprint density at radius 3 is 2.93 bits per heavy atom. The molecule has 1 aromatic heterocycles. The minimum atomic E-state index is -0.169. The summed E-state index contributed by atoms with van der Waals surface area (Å²) in [7, 11) is 1.64. The topological polar surface area (TPSA) is 74.6 Å². The molecule has 0 unspecified atom stereocenters. The van der Waals surface area contributed by atoms with Crippen LogP contribution in [0, 0.1) is 0 Å². The summed E-state index contributed by atoms with van der Waals surface area (Å²) in [6.07, 6.45) is 0. The van der Waals surface area contributed by atoms with Gasteiger partial charge in [0.25, 0.3) is 5.91 Å². The van der Waals surface area contributed by atoms with Gasteiger partial charge in [0.15, 0.2) is 6.61 Å². The summed E-state index contributed by atoms with van der Waals surface area (Å²) in [4.78, 5) is 16.8. The molecule has 3 aromatic rings. The number of carbonyl (C=O) groups excluding carboxylic acids is 1. The molecule has 7 nitrogen and oxygen atoms in total. The molecular formula is C20H21N3O4. The van der Waals surface area contributed by atoms with E-state index in [4.69, 9.17) is 14.2 Å². The number of benzene rings is 2. The fourth-order valence-electron chi connectivity index (χ4n) is 3.22. The minimum absolute atomic E-state index is 0.0205. The van der Waals surface area contributed by atoms with Crippen LogP contribution in [0.4, 0.5) is 0 Å². The van der Waals surface area contributed by atoms with Crippen molar-refractivity contribution in [3.05, 3.63) is 54.4 Å². The highest BCUT2D eigenvalue weighted by Crippen LogP contribution is 2.28. The van der Waals surface area contributed by atoms with Gasteiger partial charge in [0, 0.05) is 12.6 Å². The summed E-state index contributed by atoms with van der Waals surface area (Å²) in [5.74, 6) is 2.12. The van der Waals surface area contributed by atoms with E-state index in [0.29, 0.717) is 25.5 Å². The molecule has 0 bridgehead atoms. The molecule has 1 aliphatic rings. The van der Waals surface area contributed by atoms with Gasteiger partial charge < -0.3 is 24.1 Å². The number of aromatic nitrogens is 2. The molecule has 0 saturated heterocycles. The molecule has 1 atom stereocenters. The highest BCUT2D eigenvalue weighted by atomic mass is 16.5. The number of methoxy groups -OCH3 is 1. The number of fused-ring (bicyclic) bond motifs is 3. The fraction of sp³-hybridized carbons (Fsp3) is 0.300. The number of amides is 1. The average molecular weight is 367 g/mol. The number of para-hydroxylation sites is 1. The summed E-state index contributed by atoms with van der Waals surface area (Å²) in [5.41, 5.74) is 1.87. The molecule has 0 aliphatic carbocycles. The number of rotatable bonds is 6. The fourth-order valence-corrected chi connectivity index (χ4v) is 3.22. The van der Waals surface area contributed by atoms with E-state index in [9.17, 15) is 4.79 Å². The third-order valence-corrected chi connectivity index (χ3v) is 4.52. The largest absolute Gasteiger partial charge is 0.497 e. The van der Waals surface area contributed by atoms with Crippen molar-refractivity contribution in [2.75, 3.05) is 26.9 Å². The molecule has 27 heavy (non-hydrogen) atoms. The van der Waals surface area contributed by atoms with Crippen molar-refractivity contribution >= 4 is 16.9 Å². The Morgan fingerprint density at radius 2 is 2.11 bits per heavy atom. The monoisotopic (exact) mass is 367 g/mol. The van der Waals surface area contributed by atoms with Crippen LogP contribution >= 0.6 is 0 Å². The lowest BCUT2D eigenvalue weighted by Gasteiger charge is -2.26. The zero-order valence-electron chi connectivity index (χ0n) is 15.1. The molecule has 0 saturated carbocycles. The molecule has 2 aromatic carbocycles. The Kier molecular flexibility index (Phi) is 4.93. The maximum Gasteiger partial charge on any atom is 0.258 e. The molecule has 140 valence electrons. The van der Waals surface area contributed by atoms with Crippen molar-refractivity contribution in [2.24, 2.45) is 0 Å². The maximum absolute atomic E-state index is 12.1. The lowest BCUT2D eigenvalue weighted by atomic mass is 10.2. The van der Waals surface area contributed by atoms with Crippen LogP contribution in [-0.4, -0.2) is 42.3 Å². The average Bonchev–Trinajstić information content (AvgIpc) is 3.09. The Balaban J connectivity index is 1.42. The van der Waals surface area contributed by atoms with Crippen LogP contribution in [0.25, 0.3) is 11.0 Å². The minimum Gasteiger partial charge on any atom is -0.497 e. The quantitative estimate of drug-likeness (QED) is 0.724. The lowest BCUT2D eigenvalue weighted by molar-refractivity contribution is -0.123. The summed E-state index contributed by atoms with van der Waals surface area (Å²) in [6, 6.07) is 15.1. The molecule has 4 rings (SSSR count). The number of carbonyl (C=O) groups is 1. The SMILES string of the molecule is COc1ccc2c(c1)nc1n2[C@@H](CNC(=O)COc2ccccc2)COC1. The first-order chi connectivity index (χ1) is 13.2. The third-order valence-electron chi connectivity index (χ3n) is 4.52. The van der Waals surface area contributed by atoms with Crippen LogP contribution in [0.15, 0.2) is 48.5 Å². The molecule has 1 amide bonds. The first kappa shape index (κ1) is 17.4. The van der Waals surface area contributed by atoms with Crippen LogP contribution in [-0.2, 0) is 16.1 Å². The molecule has 2 heterocycles. The van der Waals surface area contributed by atoms with Gasteiger partial charge in [-0.3, -0.25) is 4.79 Å². The normalized spacial score (nSPS) is 16.0. The van der Waals surface area contributed by atoms with Crippen LogP contribution in [0.2, 0.25) is 0 Å². The van der Waals surface area contributed by atoms with Gasteiger partial charge >= 0.3 is 0 Å². The van der Waals surface area contributed by atoms with Gasteiger partial charge in [-0.1, -0.05) is 18.2 Å². The Labute approximate surface area is 156 Å². The molecule has 1 aliphatic heterocycles. The first-order valence-corrected chi connectivity index (χ1v) is 8.82. The number of hydrogen-bond donors (Lipinski definition) is 1. The number of imidazole rings is 1. The number of hydrogen-bond acceptors (Lipinski definition) is 5. The second-order valence-corrected chi connectivity index (χ2v) is 6.33. The predicted octanol–water partition coefficient (Wildman–Crippen LogP) is 2.31. The second kappa shape index (κ2) is 7.67. The zero-order valence-corrected chi connectivity index (χ0v) is 15.1. The van der Waals surface area contributed by atoms with E-state index < -0.39 is 0 Å². The van der Waals surface area contributed by atoms with Gasteiger partial charge in [0.1, 0.15) is 23.9 Å². The van der Waals surface area contributed by atoms with E-state index in [1.54, 1.807) is 7.11 Å². The van der Waals surface area contributed by atoms with Crippen molar-refractivity contribution in [1.82, 2.24) is 14.9 Å². The van der Waals surface area contributed by atoms with Crippen molar-refractivity contribution in [3.8, 4) is 11.5 Å². The van der Waals surface area contributed by atoms with Gasteiger partial charge in [-0.05, 0) is 24.3 Å². The van der Waals surface area contributed by atoms with E-state index in [1.165, 1.54) is 0 Å². The van der Waals surface area contributed by atoms with Crippen molar-refractivity contribution < 1.29 is 19.0 Å². The van der Waals surface area contributed by atoms with E-state index in [0.717, 1.165) is 22.6 Å². The number of nitrogens with one attached hydrogen (secondary N) is 1.